The molecule has 0 fully saturated rings. The lowest BCUT2D eigenvalue weighted by Gasteiger charge is -2.06. The topological polar surface area (TPSA) is 81.1 Å². The number of anilines is 1. The summed E-state index contributed by atoms with van der Waals surface area (Å²) in [6.45, 7) is 3.71. The average molecular weight is 231 g/mol. The maximum absolute atomic E-state index is 10.8. The van der Waals surface area contributed by atoms with Gasteiger partial charge in [0.05, 0.1) is 5.69 Å². The molecule has 1 aromatic carbocycles. The Kier molecular flexibility index (Phi) is 2.59. The predicted molar refractivity (Wildman–Crippen MR) is 64.4 cm³/mol. The third-order valence-corrected chi connectivity index (χ3v) is 2.60. The van der Waals surface area contributed by atoms with Crippen molar-refractivity contribution in [1.29, 1.82) is 0 Å². The monoisotopic (exact) mass is 231 g/mol. The first kappa shape index (κ1) is 11.2. The molecule has 17 heavy (non-hydrogen) atoms. The maximum atomic E-state index is 10.8. The number of aromatic nitrogens is 2. The summed E-state index contributed by atoms with van der Waals surface area (Å²) < 4.78 is 1.59. The van der Waals surface area contributed by atoms with E-state index in [0.29, 0.717) is 5.69 Å². The predicted octanol–water partition coefficient (Wildman–Crippen LogP) is 1.77. The van der Waals surface area contributed by atoms with Crippen LogP contribution in [-0.2, 0) is 0 Å². The zero-order valence-corrected chi connectivity index (χ0v) is 9.64. The average Bonchev–Trinajstić information content (AvgIpc) is 2.65. The van der Waals surface area contributed by atoms with Crippen molar-refractivity contribution in [1.82, 2.24) is 9.78 Å². The Bertz CT molecular complexity index is 587. The van der Waals surface area contributed by atoms with Gasteiger partial charge in [0.25, 0.3) is 0 Å². The Labute approximate surface area is 98.5 Å². The summed E-state index contributed by atoms with van der Waals surface area (Å²) in [6, 6.07) is 7.01. The van der Waals surface area contributed by atoms with Crippen molar-refractivity contribution in [3.63, 3.8) is 0 Å². The number of carboxylic acids is 1. The molecule has 0 radical (unpaired) electrons. The molecule has 0 saturated carbocycles. The van der Waals surface area contributed by atoms with E-state index >= 15 is 0 Å². The van der Waals surface area contributed by atoms with Crippen LogP contribution in [0.5, 0.6) is 0 Å². The van der Waals surface area contributed by atoms with Gasteiger partial charge in [0.2, 0.25) is 0 Å². The van der Waals surface area contributed by atoms with Crippen molar-refractivity contribution in [3.8, 4) is 5.69 Å². The Morgan fingerprint density at radius 2 is 2.06 bits per heavy atom. The fourth-order valence-corrected chi connectivity index (χ4v) is 1.63. The number of carbonyl (C=O) groups is 1. The van der Waals surface area contributed by atoms with Crippen molar-refractivity contribution in [2.24, 2.45) is 0 Å². The molecule has 0 aliphatic carbocycles. The molecule has 1 heterocycles. The van der Waals surface area contributed by atoms with E-state index in [1.54, 1.807) is 10.7 Å². The molecule has 0 aliphatic rings. The maximum Gasteiger partial charge on any atom is 0.356 e. The van der Waals surface area contributed by atoms with E-state index in [1.807, 2.05) is 26.0 Å². The van der Waals surface area contributed by atoms with Gasteiger partial charge in [-0.25, -0.2) is 9.48 Å². The lowest BCUT2D eigenvalue weighted by molar-refractivity contribution is 0.0690. The highest BCUT2D eigenvalue weighted by atomic mass is 16.4. The van der Waals surface area contributed by atoms with Crippen LogP contribution in [0.3, 0.4) is 0 Å². The standard InChI is InChI=1S/C12H13N3O2/c1-7-5-9(3-4-10(7)13)15-8(2)6-11(14-15)12(16)17/h3-6H,13H2,1-2H3,(H,16,17). The van der Waals surface area contributed by atoms with E-state index in [4.69, 9.17) is 10.8 Å². The molecule has 0 amide bonds. The van der Waals surface area contributed by atoms with Crippen LogP contribution in [-0.4, -0.2) is 20.9 Å². The van der Waals surface area contributed by atoms with Gasteiger partial charge in [-0.05, 0) is 43.7 Å². The van der Waals surface area contributed by atoms with Gasteiger partial charge in [0.15, 0.2) is 5.69 Å². The molecular weight excluding hydrogens is 218 g/mol. The van der Waals surface area contributed by atoms with Crippen LogP contribution in [0.15, 0.2) is 24.3 Å². The number of benzene rings is 1. The third-order valence-electron chi connectivity index (χ3n) is 2.60. The molecule has 3 N–H and O–H groups in total. The van der Waals surface area contributed by atoms with E-state index in [0.717, 1.165) is 16.9 Å². The molecule has 88 valence electrons. The lowest BCUT2D eigenvalue weighted by atomic mass is 10.2. The summed E-state index contributed by atoms with van der Waals surface area (Å²) in [7, 11) is 0. The number of nitrogen functional groups attached to an aromatic ring is 1. The summed E-state index contributed by atoms with van der Waals surface area (Å²) >= 11 is 0. The fourth-order valence-electron chi connectivity index (χ4n) is 1.63. The van der Waals surface area contributed by atoms with Gasteiger partial charge < -0.3 is 10.8 Å². The van der Waals surface area contributed by atoms with Crippen LogP contribution in [0, 0.1) is 13.8 Å². The number of nitrogens with zero attached hydrogens (tertiary/aromatic N) is 2. The number of hydrogen-bond acceptors (Lipinski definition) is 3. The minimum atomic E-state index is -1.03. The number of aromatic carboxylic acids is 1. The summed E-state index contributed by atoms with van der Waals surface area (Å²) in [5.74, 6) is -1.03. The minimum Gasteiger partial charge on any atom is -0.476 e. The number of rotatable bonds is 2. The zero-order valence-electron chi connectivity index (χ0n) is 9.64. The second kappa shape index (κ2) is 3.93. The smallest absolute Gasteiger partial charge is 0.356 e. The molecule has 0 saturated heterocycles. The molecule has 0 spiro atoms. The van der Waals surface area contributed by atoms with Gasteiger partial charge in [-0.15, -0.1) is 0 Å². The van der Waals surface area contributed by atoms with Crippen molar-refractivity contribution < 1.29 is 9.90 Å². The third kappa shape index (κ3) is 1.99. The molecule has 0 unspecified atom stereocenters. The molecule has 2 aromatic rings. The first-order valence-corrected chi connectivity index (χ1v) is 5.15. The fraction of sp³-hybridized carbons (Fsp3) is 0.167. The highest BCUT2D eigenvalue weighted by molar-refractivity contribution is 5.85. The van der Waals surface area contributed by atoms with Gasteiger partial charge in [0.1, 0.15) is 0 Å². The van der Waals surface area contributed by atoms with Gasteiger partial charge in [-0.2, -0.15) is 5.10 Å². The minimum absolute atomic E-state index is 0.0389. The summed E-state index contributed by atoms with van der Waals surface area (Å²) in [4.78, 5) is 10.8. The van der Waals surface area contributed by atoms with Gasteiger partial charge in [0, 0.05) is 11.4 Å². The number of nitrogens with two attached hydrogens (primary N) is 1. The lowest BCUT2D eigenvalue weighted by Crippen LogP contribution is -2.03. The Morgan fingerprint density at radius 1 is 1.35 bits per heavy atom. The van der Waals surface area contributed by atoms with Crippen LogP contribution in [0.25, 0.3) is 5.69 Å². The first-order valence-electron chi connectivity index (χ1n) is 5.15. The molecule has 5 heteroatoms. The second-order valence-corrected chi connectivity index (χ2v) is 3.93. The van der Waals surface area contributed by atoms with E-state index in [9.17, 15) is 4.79 Å². The summed E-state index contributed by atoms with van der Waals surface area (Å²) in [5, 5.41) is 12.9. The Hall–Kier alpha value is -2.30. The van der Waals surface area contributed by atoms with Crippen LogP contribution in [0.2, 0.25) is 0 Å². The highest BCUT2D eigenvalue weighted by Crippen LogP contribution is 2.17. The number of carboxylic acid groups (broad SMARTS) is 1. The summed E-state index contributed by atoms with van der Waals surface area (Å²) in [6.07, 6.45) is 0. The molecule has 5 nitrogen and oxygen atoms in total. The normalized spacial score (nSPS) is 10.5. The SMILES string of the molecule is Cc1cc(-n2nc(C(=O)O)cc2C)ccc1N. The Morgan fingerprint density at radius 3 is 2.59 bits per heavy atom. The van der Waals surface area contributed by atoms with Crippen molar-refractivity contribution in [3.05, 3.63) is 41.2 Å². The van der Waals surface area contributed by atoms with Crippen LogP contribution in [0.4, 0.5) is 5.69 Å². The quantitative estimate of drug-likeness (QED) is 0.772. The number of hydrogen-bond donors (Lipinski definition) is 2. The Balaban J connectivity index is 2.52. The molecule has 0 bridgehead atoms. The zero-order chi connectivity index (χ0) is 12.6. The number of aryl methyl sites for hydroxylation is 2. The molecule has 0 atom stereocenters. The first-order chi connectivity index (χ1) is 7.99. The van der Waals surface area contributed by atoms with E-state index in [1.165, 1.54) is 6.07 Å². The highest BCUT2D eigenvalue weighted by Gasteiger charge is 2.11. The van der Waals surface area contributed by atoms with Gasteiger partial charge in [-0.1, -0.05) is 0 Å². The molecule has 0 aliphatic heterocycles. The van der Waals surface area contributed by atoms with Gasteiger partial charge >= 0.3 is 5.97 Å². The van der Waals surface area contributed by atoms with Gasteiger partial charge in [-0.3, -0.25) is 0 Å². The van der Waals surface area contributed by atoms with E-state index in [2.05, 4.69) is 5.10 Å². The van der Waals surface area contributed by atoms with Crippen LogP contribution in [0.1, 0.15) is 21.7 Å². The second-order valence-electron chi connectivity index (χ2n) is 3.93. The van der Waals surface area contributed by atoms with Crippen molar-refractivity contribution >= 4 is 11.7 Å². The van der Waals surface area contributed by atoms with E-state index < -0.39 is 5.97 Å². The molecule has 2 rings (SSSR count). The molecular formula is C12H13N3O2. The van der Waals surface area contributed by atoms with Crippen LogP contribution >= 0.6 is 0 Å². The molecule has 1 aromatic heterocycles. The van der Waals surface area contributed by atoms with Crippen LogP contribution < -0.4 is 5.73 Å². The van der Waals surface area contributed by atoms with Crippen molar-refractivity contribution in [2.45, 2.75) is 13.8 Å². The largest absolute Gasteiger partial charge is 0.476 e. The summed E-state index contributed by atoms with van der Waals surface area (Å²) in [5.41, 5.74) is 9.00. The van der Waals surface area contributed by atoms with E-state index in [-0.39, 0.29) is 5.69 Å². The van der Waals surface area contributed by atoms with Crippen molar-refractivity contribution in [2.75, 3.05) is 5.73 Å².